The van der Waals surface area contributed by atoms with Crippen LogP contribution < -0.4 is 9.80 Å². The molecule has 2 rings (SSSR count). The van der Waals surface area contributed by atoms with Crippen molar-refractivity contribution < 1.29 is 0 Å². The van der Waals surface area contributed by atoms with E-state index in [1.807, 2.05) is 52.5 Å². The molecule has 0 aromatic heterocycles. The number of aliphatic imine (C=N–C) groups is 2. The summed E-state index contributed by atoms with van der Waals surface area (Å²) in [6.45, 7) is 0.735. The summed E-state index contributed by atoms with van der Waals surface area (Å²) in [5.41, 5.74) is 4.87. The Morgan fingerprint density at radius 1 is 0.741 bits per heavy atom. The first-order chi connectivity index (χ1) is 12.5. The van der Waals surface area contributed by atoms with Crippen LogP contribution in [0, 0.1) is 5.41 Å². The monoisotopic (exact) mass is 385 g/mol. The fraction of sp³-hybridized carbons (Fsp3) is 0.286. The Kier molecular flexibility index (Phi) is 9.23. The van der Waals surface area contributed by atoms with E-state index in [2.05, 4.69) is 44.1 Å². The van der Waals surface area contributed by atoms with Crippen molar-refractivity contribution in [2.45, 2.75) is 0 Å². The van der Waals surface area contributed by atoms with Gasteiger partial charge in [-0.3, -0.25) is 9.98 Å². The van der Waals surface area contributed by atoms with E-state index in [4.69, 9.17) is 5.41 Å². The van der Waals surface area contributed by atoms with Crippen LogP contribution in [-0.2, 0) is 0 Å². The maximum Gasteiger partial charge on any atom is 0.0784 e. The standard InChI is InChI=1S/C21H27N5.ClH/c1-25(2)20-9-5-17(6-10-20)13-23-15-19(22)16-24-14-18-7-11-21(12-8-18)26(3)4;/h5-14,22H,15-16H2,1-4H3;1H. The van der Waals surface area contributed by atoms with Crippen LogP contribution in [0.25, 0.3) is 0 Å². The fourth-order valence-corrected chi connectivity index (χ4v) is 2.29. The van der Waals surface area contributed by atoms with Crippen molar-refractivity contribution in [3.05, 3.63) is 59.7 Å². The van der Waals surface area contributed by atoms with Crippen LogP contribution >= 0.6 is 12.4 Å². The van der Waals surface area contributed by atoms with E-state index < -0.39 is 0 Å². The molecule has 0 aliphatic rings. The van der Waals surface area contributed by atoms with Crippen molar-refractivity contribution >= 4 is 41.9 Å². The number of hydrogen-bond acceptors (Lipinski definition) is 5. The summed E-state index contributed by atoms with van der Waals surface area (Å²) in [4.78, 5) is 12.8. The van der Waals surface area contributed by atoms with E-state index in [1.165, 1.54) is 0 Å². The topological polar surface area (TPSA) is 55.1 Å². The van der Waals surface area contributed by atoms with Gasteiger partial charge in [0.15, 0.2) is 0 Å². The summed E-state index contributed by atoms with van der Waals surface area (Å²) in [5.74, 6) is 0. The van der Waals surface area contributed by atoms with Crippen molar-refractivity contribution in [1.82, 2.24) is 0 Å². The van der Waals surface area contributed by atoms with E-state index in [1.54, 1.807) is 12.4 Å². The highest BCUT2D eigenvalue weighted by molar-refractivity contribution is 5.90. The van der Waals surface area contributed by atoms with Gasteiger partial charge in [-0.05, 0) is 35.4 Å². The zero-order chi connectivity index (χ0) is 18.9. The fourth-order valence-electron chi connectivity index (χ4n) is 2.29. The van der Waals surface area contributed by atoms with E-state index in [-0.39, 0.29) is 12.4 Å². The molecule has 0 bridgehead atoms. The van der Waals surface area contributed by atoms with Crippen LogP contribution in [0.15, 0.2) is 58.5 Å². The molecule has 0 saturated carbocycles. The molecule has 0 saturated heterocycles. The smallest absolute Gasteiger partial charge is 0.0784 e. The average Bonchev–Trinajstić information content (AvgIpc) is 2.62. The SMILES string of the molecule is CN(C)c1ccc(C=NCC(=N)CN=Cc2ccc(N(C)C)cc2)cc1.Cl. The largest absolute Gasteiger partial charge is 0.378 e. The van der Waals surface area contributed by atoms with Crippen molar-refractivity contribution in [2.75, 3.05) is 51.1 Å². The van der Waals surface area contributed by atoms with Gasteiger partial charge in [-0.25, -0.2) is 0 Å². The molecule has 27 heavy (non-hydrogen) atoms. The van der Waals surface area contributed by atoms with Gasteiger partial charge in [-0.2, -0.15) is 0 Å². The quantitative estimate of drug-likeness (QED) is 0.702. The zero-order valence-electron chi connectivity index (χ0n) is 16.4. The molecule has 2 aromatic carbocycles. The molecule has 0 heterocycles. The minimum absolute atomic E-state index is 0. The van der Waals surface area contributed by atoms with Gasteiger partial charge in [0.05, 0.1) is 18.8 Å². The molecule has 0 atom stereocenters. The van der Waals surface area contributed by atoms with Gasteiger partial charge in [0.2, 0.25) is 0 Å². The van der Waals surface area contributed by atoms with E-state index in [9.17, 15) is 0 Å². The van der Waals surface area contributed by atoms with Gasteiger partial charge in [-0.15, -0.1) is 12.4 Å². The van der Waals surface area contributed by atoms with Gasteiger partial charge in [0.1, 0.15) is 0 Å². The second kappa shape index (κ2) is 11.1. The summed E-state index contributed by atoms with van der Waals surface area (Å²) in [6, 6.07) is 16.3. The Balaban J connectivity index is 0.00000364. The highest BCUT2D eigenvalue weighted by Gasteiger charge is 1.96. The van der Waals surface area contributed by atoms with Crippen LogP contribution in [0.3, 0.4) is 0 Å². The normalized spacial score (nSPS) is 10.8. The zero-order valence-corrected chi connectivity index (χ0v) is 17.2. The first-order valence-electron chi connectivity index (χ1n) is 8.56. The molecule has 0 spiro atoms. The second-order valence-corrected chi connectivity index (χ2v) is 6.52. The third-order valence-electron chi connectivity index (χ3n) is 3.86. The molecular weight excluding hydrogens is 358 g/mol. The number of benzene rings is 2. The van der Waals surface area contributed by atoms with E-state index in [0.717, 1.165) is 22.5 Å². The van der Waals surface area contributed by atoms with Gasteiger partial charge < -0.3 is 15.2 Å². The lowest BCUT2D eigenvalue weighted by Crippen LogP contribution is -2.08. The van der Waals surface area contributed by atoms with Crippen molar-refractivity contribution in [3.8, 4) is 0 Å². The predicted octanol–water partition coefficient (Wildman–Crippen LogP) is 3.80. The Morgan fingerprint density at radius 3 is 1.37 bits per heavy atom. The minimum atomic E-state index is 0. The summed E-state index contributed by atoms with van der Waals surface area (Å²) in [5, 5.41) is 7.96. The Labute approximate surface area is 168 Å². The first kappa shape index (κ1) is 22.4. The second-order valence-electron chi connectivity index (χ2n) is 6.52. The van der Waals surface area contributed by atoms with Crippen molar-refractivity contribution in [2.24, 2.45) is 9.98 Å². The molecule has 1 N–H and O–H groups in total. The highest BCUT2D eigenvalue weighted by atomic mass is 35.5. The summed E-state index contributed by atoms with van der Waals surface area (Å²) < 4.78 is 0. The number of rotatable bonds is 8. The molecule has 0 unspecified atom stereocenters. The lowest BCUT2D eigenvalue weighted by Gasteiger charge is -2.11. The number of nitrogens with one attached hydrogen (secondary N) is 1. The van der Waals surface area contributed by atoms with Crippen LogP contribution in [0.2, 0.25) is 0 Å². The third-order valence-corrected chi connectivity index (χ3v) is 3.86. The van der Waals surface area contributed by atoms with Gasteiger partial charge in [0, 0.05) is 52.0 Å². The summed E-state index contributed by atoms with van der Waals surface area (Å²) in [6.07, 6.45) is 3.61. The Bertz CT molecular complexity index is 697. The van der Waals surface area contributed by atoms with Gasteiger partial charge in [0.25, 0.3) is 0 Å². The molecule has 0 amide bonds. The van der Waals surface area contributed by atoms with Crippen LogP contribution in [0.5, 0.6) is 0 Å². The highest BCUT2D eigenvalue weighted by Crippen LogP contribution is 2.11. The number of halogens is 1. The molecule has 2 aromatic rings. The lowest BCUT2D eigenvalue weighted by atomic mass is 10.2. The molecular formula is C21H28ClN5. The molecule has 144 valence electrons. The molecule has 5 nitrogen and oxygen atoms in total. The van der Waals surface area contributed by atoms with Crippen LogP contribution in [0.4, 0.5) is 11.4 Å². The Morgan fingerprint density at radius 2 is 1.07 bits per heavy atom. The maximum absolute atomic E-state index is 7.96. The Hall–Kier alpha value is -2.66. The molecule has 0 aliphatic heterocycles. The third kappa shape index (κ3) is 7.62. The molecule has 0 aliphatic carbocycles. The molecule has 6 heteroatoms. The molecule has 0 fully saturated rings. The van der Waals surface area contributed by atoms with Crippen molar-refractivity contribution in [3.63, 3.8) is 0 Å². The van der Waals surface area contributed by atoms with Crippen LogP contribution in [0.1, 0.15) is 11.1 Å². The average molecular weight is 386 g/mol. The van der Waals surface area contributed by atoms with Gasteiger partial charge >= 0.3 is 0 Å². The predicted molar refractivity (Wildman–Crippen MR) is 121 cm³/mol. The number of hydrogen-bond donors (Lipinski definition) is 1. The van der Waals surface area contributed by atoms with E-state index >= 15 is 0 Å². The number of nitrogens with zero attached hydrogens (tertiary/aromatic N) is 4. The van der Waals surface area contributed by atoms with E-state index in [0.29, 0.717) is 18.8 Å². The summed E-state index contributed by atoms with van der Waals surface area (Å²) in [7, 11) is 8.06. The van der Waals surface area contributed by atoms with Crippen LogP contribution in [-0.4, -0.2) is 59.4 Å². The maximum atomic E-state index is 7.96. The number of anilines is 2. The molecule has 0 radical (unpaired) electrons. The summed E-state index contributed by atoms with van der Waals surface area (Å²) >= 11 is 0. The van der Waals surface area contributed by atoms with Gasteiger partial charge in [-0.1, -0.05) is 24.3 Å². The minimum Gasteiger partial charge on any atom is -0.378 e. The lowest BCUT2D eigenvalue weighted by molar-refractivity contribution is 1.13. The first-order valence-corrected chi connectivity index (χ1v) is 8.56. The van der Waals surface area contributed by atoms with Crippen molar-refractivity contribution in [1.29, 1.82) is 5.41 Å².